The fraction of sp³-hybridized carbons (Fsp3) is 0.0769. The second-order valence-corrected chi connectivity index (χ2v) is 5.94. The third-order valence-corrected chi connectivity index (χ3v) is 3.76. The maximum absolute atomic E-state index is 11.7. The lowest BCUT2D eigenvalue weighted by atomic mass is 10.2. The number of hydrogen-bond donors (Lipinski definition) is 2. The predicted molar refractivity (Wildman–Crippen MR) is 74.6 cm³/mol. The Balaban J connectivity index is 2.32. The van der Waals surface area contributed by atoms with Crippen molar-refractivity contribution in [3.63, 3.8) is 0 Å². The molecule has 0 bridgehead atoms. The van der Waals surface area contributed by atoms with Crippen LogP contribution < -0.4 is 10.7 Å². The van der Waals surface area contributed by atoms with Gasteiger partial charge in [-0.05, 0) is 23.8 Å². The minimum Gasteiger partial charge on any atom is -0.478 e. The number of aromatic nitrogens is 1. The molecular weight excluding hydrogens is 296 g/mol. The molecule has 2 aromatic rings. The number of carboxylic acid groups (broad SMARTS) is 1. The van der Waals surface area contributed by atoms with E-state index in [4.69, 9.17) is 10.2 Å². The highest BCUT2D eigenvalue weighted by atomic mass is 32.2. The Hall–Kier alpha value is -2.45. The lowest BCUT2D eigenvalue weighted by Crippen LogP contribution is -2.20. The highest BCUT2D eigenvalue weighted by Gasteiger charge is 2.08. The first-order valence-corrected chi connectivity index (χ1v) is 7.37. The molecule has 110 valence electrons. The summed E-state index contributed by atoms with van der Waals surface area (Å²) in [5.74, 6) is -1.13. The third-order valence-electron chi connectivity index (χ3n) is 2.84. The highest BCUT2D eigenvalue weighted by molar-refractivity contribution is 7.89. The molecule has 0 aliphatic rings. The minimum atomic E-state index is -3.76. The molecule has 0 saturated heterocycles. The van der Waals surface area contributed by atoms with E-state index in [0.29, 0.717) is 5.56 Å². The average molecular weight is 308 g/mol. The Morgan fingerprint density at radius 1 is 1.14 bits per heavy atom. The van der Waals surface area contributed by atoms with E-state index >= 15 is 0 Å². The largest absolute Gasteiger partial charge is 0.478 e. The highest BCUT2D eigenvalue weighted by Crippen LogP contribution is 2.09. The summed E-state index contributed by atoms with van der Waals surface area (Å²) in [6.07, 6.45) is 1.23. The van der Waals surface area contributed by atoms with Gasteiger partial charge in [-0.25, -0.2) is 18.4 Å². The van der Waals surface area contributed by atoms with Gasteiger partial charge in [0.1, 0.15) is 0 Å². The van der Waals surface area contributed by atoms with Crippen LogP contribution in [-0.2, 0) is 16.6 Å². The number of nitrogens with two attached hydrogens (primary N) is 1. The molecule has 0 amide bonds. The van der Waals surface area contributed by atoms with E-state index in [0.717, 1.165) is 0 Å². The third kappa shape index (κ3) is 3.56. The van der Waals surface area contributed by atoms with Crippen molar-refractivity contribution in [2.24, 2.45) is 5.14 Å². The molecule has 2 rings (SSSR count). The normalized spacial score (nSPS) is 11.3. The Morgan fingerprint density at radius 2 is 1.76 bits per heavy atom. The van der Waals surface area contributed by atoms with Gasteiger partial charge in [0.05, 0.1) is 17.0 Å². The van der Waals surface area contributed by atoms with Crippen LogP contribution in [0.5, 0.6) is 0 Å². The van der Waals surface area contributed by atoms with E-state index in [1.165, 1.54) is 47.2 Å². The van der Waals surface area contributed by atoms with E-state index in [1.807, 2.05) is 0 Å². The molecule has 0 atom stereocenters. The van der Waals surface area contributed by atoms with Gasteiger partial charge in [-0.1, -0.05) is 12.1 Å². The van der Waals surface area contributed by atoms with Crippen molar-refractivity contribution in [1.82, 2.24) is 4.57 Å². The maximum Gasteiger partial charge on any atom is 0.337 e. The summed E-state index contributed by atoms with van der Waals surface area (Å²) in [7, 11) is -3.76. The molecule has 0 unspecified atom stereocenters. The molecule has 0 aliphatic heterocycles. The van der Waals surface area contributed by atoms with Crippen LogP contribution in [0.1, 0.15) is 15.9 Å². The molecule has 8 heteroatoms. The number of aromatic carboxylic acids is 1. The van der Waals surface area contributed by atoms with Crippen LogP contribution >= 0.6 is 0 Å². The zero-order valence-electron chi connectivity index (χ0n) is 10.8. The number of carbonyl (C=O) groups is 1. The fourth-order valence-corrected chi connectivity index (χ4v) is 2.28. The Bertz CT molecular complexity index is 838. The summed E-state index contributed by atoms with van der Waals surface area (Å²) in [5, 5.41) is 13.9. The number of rotatable bonds is 4. The van der Waals surface area contributed by atoms with Gasteiger partial charge in [-0.2, -0.15) is 0 Å². The monoisotopic (exact) mass is 308 g/mol. The van der Waals surface area contributed by atoms with Crippen molar-refractivity contribution in [2.75, 3.05) is 0 Å². The average Bonchev–Trinajstić information content (AvgIpc) is 2.40. The topological polar surface area (TPSA) is 119 Å². The summed E-state index contributed by atoms with van der Waals surface area (Å²) < 4.78 is 23.5. The van der Waals surface area contributed by atoms with Crippen molar-refractivity contribution >= 4 is 16.0 Å². The number of carboxylic acids is 1. The molecule has 0 radical (unpaired) electrons. The number of sulfonamides is 1. The van der Waals surface area contributed by atoms with Crippen LogP contribution in [0.3, 0.4) is 0 Å². The van der Waals surface area contributed by atoms with Gasteiger partial charge in [-0.3, -0.25) is 4.79 Å². The van der Waals surface area contributed by atoms with Crippen LogP contribution in [0, 0.1) is 0 Å². The second-order valence-electron chi connectivity index (χ2n) is 4.38. The van der Waals surface area contributed by atoms with Crippen molar-refractivity contribution in [2.45, 2.75) is 11.4 Å². The summed E-state index contributed by atoms with van der Waals surface area (Å²) in [6, 6.07) is 8.08. The zero-order chi connectivity index (χ0) is 15.6. The summed E-state index contributed by atoms with van der Waals surface area (Å²) in [4.78, 5) is 22.5. The zero-order valence-corrected chi connectivity index (χ0v) is 11.6. The predicted octanol–water partition coefficient (Wildman–Crippen LogP) is 0.242. The Labute approximate surface area is 120 Å². The van der Waals surface area contributed by atoms with E-state index in [9.17, 15) is 18.0 Å². The number of pyridine rings is 1. The standard InChI is InChI=1S/C13H12N2O5S/c14-21(19,20)11-4-1-9(2-5-11)7-15-8-10(13(17)18)3-6-12(15)16/h1-6,8H,7H2,(H,17,18)(H2,14,19,20). The first-order chi connectivity index (χ1) is 9.77. The summed E-state index contributed by atoms with van der Waals surface area (Å²) in [6.45, 7) is 0.130. The molecule has 0 aliphatic carbocycles. The van der Waals surface area contributed by atoms with E-state index < -0.39 is 16.0 Å². The van der Waals surface area contributed by atoms with Gasteiger partial charge in [-0.15, -0.1) is 0 Å². The maximum atomic E-state index is 11.7. The molecule has 0 fully saturated rings. The molecule has 0 saturated carbocycles. The van der Waals surface area contributed by atoms with E-state index in [-0.39, 0.29) is 22.6 Å². The van der Waals surface area contributed by atoms with Gasteiger partial charge in [0.2, 0.25) is 10.0 Å². The number of nitrogens with zero attached hydrogens (tertiary/aromatic N) is 1. The number of primary sulfonamides is 1. The van der Waals surface area contributed by atoms with Gasteiger partial charge < -0.3 is 9.67 Å². The number of hydrogen-bond acceptors (Lipinski definition) is 4. The fourth-order valence-electron chi connectivity index (χ4n) is 1.76. The Kier molecular flexibility index (Phi) is 3.92. The molecule has 3 N–H and O–H groups in total. The first kappa shape index (κ1) is 14.9. The van der Waals surface area contributed by atoms with Crippen LogP contribution in [0.15, 0.2) is 52.3 Å². The van der Waals surface area contributed by atoms with Crippen molar-refractivity contribution in [3.05, 3.63) is 64.1 Å². The van der Waals surface area contributed by atoms with Crippen LogP contribution in [0.4, 0.5) is 0 Å². The lowest BCUT2D eigenvalue weighted by Gasteiger charge is -2.07. The van der Waals surface area contributed by atoms with Gasteiger partial charge in [0.15, 0.2) is 0 Å². The van der Waals surface area contributed by atoms with Gasteiger partial charge in [0.25, 0.3) is 5.56 Å². The van der Waals surface area contributed by atoms with Gasteiger partial charge >= 0.3 is 5.97 Å². The summed E-state index contributed by atoms with van der Waals surface area (Å²) >= 11 is 0. The minimum absolute atomic E-state index is 0.00393. The molecular formula is C13H12N2O5S. The first-order valence-electron chi connectivity index (χ1n) is 5.83. The lowest BCUT2D eigenvalue weighted by molar-refractivity contribution is 0.0696. The quantitative estimate of drug-likeness (QED) is 0.838. The van der Waals surface area contributed by atoms with Crippen molar-refractivity contribution in [1.29, 1.82) is 0 Å². The summed E-state index contributed by atoms with van der Waals surface area (Å²) in [5.41, 5.74) is 0.290. The molecule has 1 heterocycles. The van der Waals surface area contributed by atoms with Crippen LogP contribution in [-0.4, -0.2) is 24.1 Å². The molecule has 0 spiro atoms. The van der Waals surface area contributed by atoms with E-state index in [2.05, 4.69) is 0 Å². The van der Waals surface area contributed by atoms with Crippen molar-refractivity contribution in [3.8, 4) is 0 Å². The SMILES string of the molecule is NS(=O)(=O)c1ccc(Cn2cc(C(=O)O)ccc2=O)cc1. The van der Waals surface area contributed by atoms with E-state index in [1.54, 1.807) is 0 Å². The van der Waals surface area contributed by atoms with Gasteiger partial charge in [0, 0.05) is 12.3 Å². The molecule has 7 nitrogen and oxygen atoms in total. The van der Waals surface area contributed by atoms with Crippen LogP contribution in [0.25, 0.3) is 0 Å². The van der Waals surface area contributed by atoms with Crippen LogP contribution in [0.2, 0.25) is 0 Å². The molecule has 21 heavy (non-hydrogen) atoms. The second kappa shape index (κ2) is 5.51. The smallest absolute Gasteiger partial charge is 0.337 e. The van der Waals surface area contributed by atoms with Crippen molar-refractivity contribution < 1.29 is 18.3 Å². The Morgan fingerprint density at radius 3 is 2.29 bits per heavy atom. The molecule has 1 aromatic carbocycles. The number of benzene rings is 1. The molecule has 1 aromatic heterocycles.